The van der Waals surface area contributed by atoms with Crippen molar-refractivity contribution in [1.29, 1.82) is 0 Å². The molecule has 9 nitrogen and oxygen atoms in total. The molecule has 2 N–H and O–H groups in total. The van der Waals surface area contributed by atoms with Crippen LogP contribution in [0.15, 0.2) is 48.5 Å². The summed E-state index contributed by atoms with van der Waals surface area (Å²) in [5.74, 6) is -1.07. The minimum atomic E-state index is -0.949. The predicted octanol–water partition coefficient (Wildman–Crippen LogP) is 5.11. The molecule has 0 fully saturated rings. The van der Waals surface area contributed by atoms with Crippen molar-refractivity contribution >= 4 is 17.9 Å². The Kier molecular flexibility index (Phi) is 24.5. The Balaban J connectivity index is -0.000000247. The number of hydrogen-bond acceptors (Lipinski definition) is 8. The van der Waals surface area contributed by atoms with E-state index in [1.54, 1.807) is 48.5 Å². The monoisotopic (exact) mass is 498 g/mol. The van der Waals surface area contributed by atoms with Crippen molar-refractivity contribution in [1.82, 2.24) is 0 Å². The van der Waals surface area contributed by atoms with E-state index in [4.69, 9.17) is 19.7 Å². The normalized spacial score (nSPS) is 8.54. The molecule has 0 saturated carbocycles. The van der Waals surface area contributed by atoms with Gasteiger partial charge in [0.1, 0.15) is 22.6 Å². The quantitative estimate of drug-likeness (QED) is 0.339. The third kappa shape index (κ3) is 14.3. The molecule has 0 heterocycles. The summed E-state index contributed by atoms with van der Waals surface area (Å²) >= 11 is 0. The smallest absolute Gasteiger partial charge is 0.341 e. The van der Waals surface area contributed by atoms with Crippen molar-refractivity contribution in [3.05, 3.63) is 59.7 Å². The van der Waals surface area contributed by atoms with Gasteiger partial charge in [0, 0.05) is 13.0 Å². The fraction of sp³-hybridized carbons (Fsp3) is 0.423. The second kappa shape index (κ2) is 22.2. The van der Waals surface area contributed by atoms with Crippen molar-refractivity contribution in [3.8, 4) is 11.5 Å². The Morgan fingerprint density at radius 1 is 0.714 bits per heavy atom. The molecule has 0 spiro atoms. The highest BCUT2D eigenvalue weighted by Gasteiger charge is 2.12. The van der Waals surface area contributed by atoms with E-state index in [1.165, 1.54) is 14.2 Å². The van der Waals surface area contributed by atoms with E-state index < -0.39 is 17.9 Å². The van der Waals surface area contributed by atoms with E-state index in [1.807, 2.05) is 0 Å². The lowest BCUT2D eigenvalue weighted by Crippen LogP contribution is -2.09. The summed E-state index contributed by atoms with van der Waals surface area (Å²) in [4.78, 5) is 32.9. The maximum atomic E-state index is 11.3. The number of rotatable bonds is 10. The molecule has 200 valence electrons. The van der Waals surface area contributed by atoms with Gasteiger partial charge >= 0.3 is 17.9 Å². The van der Waals surface area contributed by atoms with Crippen LogP contribution in [-0.4, -0.2) is 62.2 Å². The van der Waals surface area contributed by atoms with Crippen LogP contribution in [0.25, 0.3) is 0 Å². The number of aliphatic hydroxyl groups excluding tert-OH is 1. The number of ether oxygens (including phenoxy) is 4. The van der Waals surface area contributed by atoms with Crippen LogP contribution in [0.3, 0.4) is 0 Å². The van der Waals surface area contributed by atoms with Crippen LogP contribution in [0.2, 0.25) is 0 Å². The van der Waals surface area contributed by atoms with Gasteiger partial charge in [-0.3, -0.25) is 4.79 Å². The number of carboxylic acids is 1. The molecule has 2 rings (SSSR count). The van der Waals surface area contributed by atoms with E-state index >= 15 is 0 Å². The largest absolute Gasteiger partial charge is 0.493 e. The van der Waals surface area contributed by atoms with Crippen LogP contribution in [0.5, 0.6) is 11.5 Å². The average molecular weight is 499 g/mol. The van der Waals surface area contributed by atoms with Crippen molar-refractivity contribution in [2.45, 2.75) is 42.5 Å². The fourth-order valence-electron chi connectivity index (χ4n) is 2.24. The number of aliphatic carboxylic acids is 1. The van der Waals surface area contributed by atoms with Gasteiger partial charge in [-0.1, -0.05) is 54.0 Å². The Morgan fingerprint density at radius 3 is 1.49 bits per heavy atom. The third-order valence-electron chi connectivity index (χ3n) is 3.72. The van der Waals surface area contributed by atoms with Crippen LogP contribution >= 0.6 is 0 Å². The molecule has 0 bridgehead atoms. The van der Waals surface area contributed by atoms with E-state index in [0.29, 0.717) is 30.1 Å². The molecule has 2 aromatic rings. The molecule has 0 saturated heterocycles. The molecule has 0 aromatic heterocycles. The first kappa shape index (κ1) is 38.7. The molecule has 0 unspecified atom stereocenters. The number of aliphatic hydroxyl groups is 1. The maximum Gasteiger partial charge on any atom is 0.341 e. The second-order valence-corrected chi connectivity index (χ2v) is 5.89. The zero-order valence-corrected chi connectivity index (χ0v) is 17.4. The number of methoxy groups -OCH3 is 2. The summed E-state index contributed by atoms with van der Waals surface area (Å²) < 4.78 is 19.7. The second-order valence-electron chi connectivity index (χ2n) is 5.89. The van der Waals surface area contributed by atoms with Gasteiger partial charge in [0.2, 0.25) is 0 Å². The van der Waals surface area contributed by atoms with E-state index in [-0.39, 0.29) is 54.9 Å². The summed E-state index contributed by atoms with van der Waals surface area (Å²) in [6, 6.07) is 13.4. The van der Waals surface area contributed by atoms with E-state index in [0.717, 1.165) is 0 Å². The lowest BCUT2D eigenvalue weighted by atomic mass is 10.2. The van der Waals surface area contributed by atoms with Gasteiger partial charge in [0.25, 0.3) is 0 Å². The molecular weight excluding hydrogens is 456 g/mol. The minimum absolute atomic E-state index is 0. The summed E-state index contributed by atoms with van der Waals surface area (Å²) in [5, 5.41) is 17.0. The van der Waals surface area contributed by atoms with Crippen molar-refractivity contribution in [3.63, 3.8) is 0 Å². The molecule has 35 heavy (non-hydrogen) atoms. The third-order valence-corrected chi connectivity index (χ3v) is 3.72. The van der Waals surface area contributed by atoms with Gasteiger partial charge < -0.3 is 29.2 Å². The zero-order valence-electron chi connectivity index (χ0n) is 17.4. The molecule has 0 amide bonds. The Labute approximate surface area is 209 Å². The molecule has 9 heteroatoms. The summed E-state index contributed by atoms with van der Waals surface area (Å²) in [5.41, 5.74) is 0.688. The summed E-state index contributed by atoms with van der Waals surface area (Å²) in [6.07, 6.45) is 0.422. The SMILES string of the molecule is C.C.C.C.COC(=O)c1ccccc1OCCC(=O)O.COC(=O)c1ccccc1OCCCO. The summed E-state index contributed by atoms with van der Waals surface area (Å²) in [6.45, 7) is 0.467. The van der Waals surface area contributed by atoms with Gasteiger partial charge in [-0.2, -0.15) is 0 Å². The molecule has 2 aromatic carbocycles. The highest BCUT2D eigenvalue weighted by Crippen LogP contribution is 2.19. The number of carbonyl (C=O) groups excluding carboxylic acids is 2. The molecule has 0 atom stereocenters. The van der Waals surface area contributed by atoms with Crippen LogP contribution in [-0.2, 0) is 14.3 Å². The number of esters is 2. The van der Waals surface area contributed by atoms with Crippen LogP contribution in [0, 0.1) is 0 Å². The van der Waals surface area contributed by atoms with Crippen LogP contribution in [0.4, 0.5) is 0 Å². The maximum absolute atomic E-state index is 11.3. The van der Waals surface area contributed by atoms with E-state index in [2.05, 4.69) is 9.47 Å². The standard InChI is InChI=1S/C11H12O5.C11H14O4.4CH4/c1-15-11(14)8-4-2-3-5-9(8)16-7-6-10(12)13;1-14-11(13)9-5-2-3-6-10(9)15-8-4-7-12;;;;/h2-5H,6-7H2,1H3,(H,12,13);2-3,5-6,12H,4,7-8H2,1H3;4*1H4. The Bertz CT molecular complexity index is 850. The van der Waals surface area contributed by atoms with Gasteiger partial charge in [0.05, 0.1) is 33.9 Å². The number of benzene rings is 2. The Hall–Kier alpha value is -3.59. The zero-order chi connectivity index (χ0) is 23.1. The number of carboxylic acid groups (broad SMARTS) is 1. The summed E-state index contributed by atoms with van der Waals surface area (Å²) in [7, 11) is 2.60. The van der Waals surface area contributed by atoms with Crippen LogP contribution < -0.4 is 9.47 Å². The molecule has 0 radical (unpaired) electrons. The lowest BCUT2D eigenvalue weighted by Gasteiger charge is -2.08. The highest BCUT2D eigenvalue weighted by atomic mass is 16.5. The van der Waals surface area contributed by atoms with E-state index in [9.17, 15) is 14.4 Å². The predicted molar refractivity (Wildman–Crippen MR) is 137 cm³/mol. The van der Waals surface area contributed by atoms with Crippen LogP contribution in [0.1, 0.15) is 63.3 Å². The van der Waals surface area contributed by atoms with Gasteiger partial charge in [-0.05, 0) is 24.3 Å². The Morgan fingerprint density at radius 2 is 1.11 bits per heavy atom. The molecular formula is C26H42O9. The number of carbonyl (C=O) groups is 3. The molecule has 0 aliphatic rings. The first-order valence-electron chi connectivity index (χ1n) is 9.37. The van der Waals surface area contributed by atoms with Gasteiger partial charge in [-0.25, -0.2) is 9.59 Å². The van der Waals surface area contributed by atoms with Crippen molar-refractivity contribution in [2.75, 3.05) is 34.0 Å². The van der Waals surface area contributed by atoms with Crippen molar-refractivity contribution in [2.24, 2.45) is 0 Å². The fourth-order valence-corrected chi connectivity index (χ4v) is 2.24. The number of para-hydroxylation sites is 2. The average Bonchev–Trinajstić information content (AvgIpc) is 2.79. The molecule has 0 aliphatic carbocycles. The first-order valence-corrected chi connectivity index (χ1v) is 9.37. The lowest BCUT2D eigenvalue weighted by molar-refractivity contribution is -0.137. The van der Waals surface area contributed by atoms with Gasteiger partial charge in [0.15, 0.2) is 0 Å². The first-order chi connectivity index (χ1) is 14.9. The van der Waals surface area contributed by atoms with Gasteiger partial charge in [-0.15, -0.1) is 0 Å². The highest BCUT2D eigenvalue weighted by molar-refractivity contribution is 5.92. The van der Waals surface area contributed by atoms with Crippen molar-refractivity contribution < 1.29 is 43.5 Å². The molecule has 0 aliphatic heterocycles. The number of hydrogen-bond donors (Lipinski definition) is 2. The topological polar surface area (TPSA) is 129 Å². The minimum Gasteiger partial charge on any atom is -0.493 e.